The van der Waals surface area contributed by atoms with E-state index in [1.165, 1.54) is 0 Å². The Labute approximate surface area is 108 Å². The molecule has 1 rings (SSSR count). The highest BCUT2D eigenvalue weighted by molar-refractivity contribution is 5.81. The van der Waals surface area contributed by atoms with E-state index in [1.54, 1.807) is 11.0 Å². The van der Waals surface area contributed by atoms with E-state index in [0.717, 1.165) is 13.1 Å². The Bertz CT molecular complexity index is 392. The van der Waals surface area contributed by atoms with Crippen molar-refractivity contribution in [2.75, 3.05) is 37.0 Å². The van der Waals surface area contributed by atoms with E-state index in [-0.39, 0.29) is 5.91 Å². The van der Waals surface area contributed by atoms with Crippen LogP contribution in [-0.4, -0.2) is 42.5 Å². The van der Waals surface area contributed by atoms with Gasteiger partial charge in [-0.05, 0) is 26.0 Å². The largest absolute Gasteiger partial charge is 0.350 e. The van der Waals surface area contributed by atoms with E-state index in [4.69, 9.17) is 5.84 Å². The number of nitrogens with two attached hydrogens (primary N) is 1. The van der Waals surface area contributed by atoms with Crippen molar-refractivity contribution in [2.24, 2.45) is 5.84 Å². The number of amides is 1. The first kappa shape index (κ1) is 14.2. The zero-order chi connectivity index (χ0) is 13.5. The molecule has 6 nitrogen and oxygen atoms in total. The highest BCUT2D eigenvalue weighted by Gasteiger charge is 2.13. The van der Waals surface area contributed by atoms with Gasteiger partial charge in [0, 0.05) is 20.1 Å². The van der Waals surface area contributed by atoms with Crippen LogP contribution in [0.2, 0.25) is 0 Å². The Kier molecular flexibility index (Phi) is 5.38. The summed E-state index contributed by atoms with van der Waals surface area (Å²) < 4.78 is 0. The molecule has 0 spiro atoms. The van der Waals surface area contributed by atoms with Crippen LogP contribution in [0.4, 0.5) is 11.6 Å². The molecule has 0 aromatic carbocycles. The van der Waals surface area contributed by atoms with Crippen molar-refractivity contribution in [1.82, 2.24) is 9.88 Å². The predicted octanol–water partition coefficient (Wildman–Crippen LogP) is 0.672. The molecule has 0 aliphatic carbocycles. The van der Waals surface area contributed by atoms with E-state index in [1.807, 2.05) is 37.9 Å². The second-order valence-corrected chi connectivity index (χ2v) is 3.95. The van der Waals surface area contributed by atoms with Crippen molar-refractivity contribution in [1.29, 1.82) is 0 Å². The fraction of sp³-hybridized carbons (Fsp3) is 0.500. The summed E-state index contributed by atoms with van der Waals surface area (Å²) in [7, 11) is 1.84. The lowest BCUT2D eigenvalue weighted by Gasteiger charge is -2.23. The first-order valence-corrected chi connectivity index (χ1v) is 6.04. The maximum Gasteiger partial charge on any atom is 0.242 e. The van der Waals surface area contributed by atoms with Crippen molar-refractivity contribution in [3.05, 3.63) is 18.2 Å². The van der Waals surface area contributed by atoms with E-state index < -0.39 is 0 Å². The Morgan fingerprint density at radius 2 is 2.06 bits per heavy atom. The number of nitrogens with one attached hydrogen (secondary N) is 1. The third-order valence-corrected chi connectivity index (χ3v) is 2.76. The fourth-order valence-electron chi connectivity index (χ4n) is 1.68. The number of likely N-dealkylation sites (N-methyl/N-ethyl adjacent to an activating group) is 2. The molecule has 0 fully saturated rings. The van der Waals surface area contributed by atoms with Crippen molar-refractivity contribution in [2.45, 2.75) is 13.8 Å². The quantitative estimate of drug-likeness (QED) is 0.574. The number of pyridine rings is 1. The molecular weight excluding hydrogens is 230 g/mol. The summed E-state index contributed by atoms with van der Waals surface area (Å²) in [6, 6.07) is 5.45. The summed E-state index contributed by atoms with van der Waals surface area (Å²) >= 11 is 0. The average molecular weight is 251 g/mol. The number of rotatable bonds is 6. The van der Waals surface area contributed by atoms with E-state index >= 15 is 0 Å². The first-order valence-electron chi connectivity index (χ1n) is 6.04. The van der Waals surface area contributed by atoms with Gasteiger partial charge in [-0.2, -0.15) is 0 Å². The van der Waals surface area contributed by atoms with Gasteiger partial charge in [-0.25, -0.2) is 10.8 Å². The van der Waals surface area contributed by atoms with Crippen molar-refractivity contribution in [3.8, 4) is 0 Å². The van der Waals surface area contributed by atoms with Crippen molar-refractivity contribution < 1.29 is 4.79 Å². The predicted molar refractivity (Wildman–Crippen MR) is 73.2 cm³/mol. The molecule has 0 radical (unpaired) electrons. The van der Waals surface area contributed by atoms with Gasteiger partial charge in [0.2, 0.25) is 5.91 Å². The number of aromatic nitrogens is 1. The maximum absolute atomic E-state index is 12.0. The second kappa shape index (κ2) is 6.80. The molecule has 100 valence electrons. The molecule has 0 saturated heterocycles. The number of hydrogen-bond donors (Lipinski definition) is 2. The minimum Gasteiger partial charge on any atom is -0.350 e. The first-order chi connectivity index (χ1) is 8.62. The van der Waals surface area contributed by atoms with Gasteiger partial charge in [0.1, 0.15) is 11.6 Å². The van der Waals surface area contributed by atoms with Crippen LogP contribution in [0.5, 0.6) is 0 Å². The summed E-state index contributed by atoms with van der Waals surface area (Å²) in [5.74, 6) is 6.69. The van der Waals surface area contributed by atoms with Gasteiger partial charge in [0.25, 0.3) is 0 Å². The van der Waals surface area contributed by atoms with Crippen molar-refractivity contribution >= 4 is 17.5 Å². The Balaban J connectivity index is 2.69. The van der Waals surface area contributed by atoms with Gasteiger partial charge >= 0.3 is 0 Å². The highest BCUT2D eigenvalue weighted by Crippen LogP contribution is 2.12. The lowest BCUT2D eigenvalue weighted by atomic mass is 10.4. The second-order valence-electron chi connectivity index (χ2n) is 3.95. The van der Waals surface area contributed by atoms with Crippen LogP contribution in [0.15, 0.2) is 18.2 Å². The molecule has 1 amide bonds. The summed E-state index contributed by atoms with van der Waals surface area (Å²) in [6.07, 6.45) is 0. The number of hydrogen-bond acceptors (Lipinski definition) is 5. The van der Waals surface area contributed by atoms with E-state index in [2.05, 4.69) is 10.4 Å². The lowest BCUT2D eigenvalue weighted by Crippen LogP contribution is -2.39. The summed E-state index contributed by atoms with van der Waals surface area (Å²) in [5, 5.41) is 0. The van der Waals surface area contributed by atoms with E-state index in [9.17, 15) is 4.79 Å². The van der Waals surface area contributed by atoms with Crippen LogP contribution in [-0.2, 0) is 4.79 Å². The topological polar surface area (TPSA) is 74.5 Å². The van der Waals surface area contributed by atoms with Crippen LogP contribution in [0.25, 0.3) is 0 Å². The Morgan fingerprint density at radius 3 is 2.61 bits per heavy atom. The molecule has 1 heterocycles. The standard InChI is InChI=1S/C12H21N5O/c1-4-17(5-2)12(18)9-16(3)11-8-6-7-10(14-11)15-13/h6-8H,4-5,9,13H2,1-3H3,(H,14,15). The number of carbonyl (C=O) groups excluding carboxylic acids is 1. The molecule has 0 aliphatic rings. The normalized spacial score (nSPS) is 10.0. The summed E-state index contributed by atoms with van der Waals surface area (Å²) in [4.78, 5) is 19.8. The summed E-state index contributed by atoms with van der Waals surface area (Å²) in [5.41, 5.74) is 2.49. The molecule has 0 saturated carbocycles. The Hall–Kier alpha value is -1.82. The third-order valence-electron chi connectivity index (χ3n) is 2.76. The molecular formula is C12H21N5O. The third kappa shape index (κ3) is 3.59. The van der Waals surface area contributed by atoms with E-state index in [0.29, 0.717) is 18.2 Å². The number of hydrazine groups is 1. The van der Waals surface area contributed by atoms with Crippen LogP contribution in [0.3, 0.4) is 0 Å². The molecule has 0 atom stereocenters. The smallest absolute Gasteiger partial charge is 0.242 e. The van der Waals surface area contributed by atoms with Crippen LogP contribution in [0, 0.1) is 0 Å². The van der Waals surface area contributed by atoms with Gasteiger partial charge in [-0.1, -0.05) is 6.07 Å². The molecule has 18 heavy (non-hydrogen) atoms. The van der Waals surface area contributed by atoms with Crippen LogP contribution >= 0.6 is 0 Å². The van der Waals surface area contributed by atoms with Gasteiger partial charge in [0.05, 0.1) is 6.54 Å². The number of nitrogen functional groups attached to an aromatic ring is 1. The van der Waals surface area contributed by atoms with Gasteiger partial charge in [0.15, 0.2) is 0 Å². The number of carbonyl (C=O) groups is 1. The SMILES string of the molecule is CCN(CC)C(=O)CN(C)c1cccc(NN)n1. The zero-order valence-corrected chi connectivity index (χ0v) is 11.2. The minimum absolute atomic E-state index is 0.0930. The lowest BCUT2D eigenvalue weighted by molar-refractivity contribution is -0.129. The fourth-order valence-corrected chi connectivity index (χ4v) is 1.68. The maximum atomic E-state index is 12.0. The molecule has 6 heteroatoms. The molecule has 0 bridgehead atoms. The average Bonchev–Trinajstić information content (AvgIpc) is 2.40. The Morgan fingerprint density at radius 1 is 1.39 bits per heavy atom. The zero-order valence-electron chi connectivity index (χ0n) is 11.2. The van der Waals surface area contributed by atoms with Crippen molar-refractivity contribution in [3.63, 3.8) is 0 Å². The number of nitrogens with zero attached hydrogens (tertiary/aromatic N) is 3. The minimum atomic E-state index is 0.0930. The molecule has 0 aliphatic heterocycles. The van der Waals surface area contributed by atoms with Crippen LogP contribution in [0.1, 0.15) is 13.8 Å². The molecule has 0 unspecified atom stereocenters. The highest BCUT2D eigenvalue weighted by atomic mass is 16.2. The summed E-state index contributed by atoms with van der Waals surface area (Å²) in [6.45, 7) is 5.70. The number of anilines is 2. The molecule has 1 aromatic heterocycles. The van der Waals surface area contributed by atoms with Crippen LogP contribution < -0.4 is 16.2 Å². The molecule has 3 N–H and O–H groups in total. The molecule has 1 aromatic rings. The van der Waals surface area contributed by atoms with Gasteiger partial charge in [-0.3, -0.25) is 4.79 Å². The van der Waals surface area contributed by atoms with Gasteiger partial charge < -0.3 is 15.2 Å². The van der Waals surface area contributed by atoms with Gasteiger partial charge in [-0.15, -0.1) is 0 Å². The monoisotopic (exact) mass is 251 g/mol.